The molecule has 0 unspecified atom stereocenters. The molecule has 1 aliphatic rings. The quantitative estimate of drug-likeness (QED) is 0.895. The standard InChI is InChI=1S/C11H18N2O2.BrH/c1-2-3-9-10(15-13-11(9)14)8-4-6-12-7-5-8;/h8,12H,2-7H2,1H3,(H,13,14);1H. The Bertz CT molecular complexity index is 366. The van der Waals surface area contributed by atoms with Gasteiger partial charge in [0, 0.05) is 5.92 Å². The summed E-state index contributed by atoms with van der Waals surface area (Å²) in [7, 11) is 0. The first-order chi connectivity index (χ1) is 7.33. The van der Waals surface area contributed by atoms with Crippen LogP contribution in [0.2, 0.25) is 0 Å². The number of aromatic amines is 1. The molecule has 1 fully saturated rings. The highest BCUT2D eigenvalue weighted by atomic mass is 79.9. The minimum Gasteiger partial charge on any atom is -0.383 e. The SMILES string of the molecule is Br.CCCc1c(C2CCNCC2)o[nH]c1=O. The van der Waals surface area contributed by atoms with Gasteiger partial charge in [0.25, 0.3) is 5.56 Å². The molecule has 5 heteroatoms. The molecular formula is C11H19BrN2O2. The van der Waals surface area contributed by atoms with Crippen molar-refractivity contribution in [1.29, 1.82) is 0 Å². The molecule has 2 N–H and O–H groups in total. The summed E-state index contributed by atoms with van der Waals surface area (Å²) in [6.07, 6.45) is 3.95. The summed E-state index contributed by atoms with van der Waals surface area (Å²) in [5.41, 5.74) is 0.829. The predicted molar refractivity (Wildman–Crippen MR) is 68.5 cm³/mol. The number of rotatable bonds is 3. The molecule has 0 radical (unpaired) electrons. The van der Waals surface area contributed by atoms with Crippen LogP contribution < -0.4 is 10.9 Å². The molecule has 0 aliphatic carbocycles. The van der Waals surface area contributed by atoms with Crippen molar-refractivity contribution in [3.63, 3.8) is 0 Å². The lowest BCUT2D eigenvalue weighted by Crippen LogP contribution is -2.27. The summed E-state index contributed by atoms with van der Waals surface area (Å²) in [5, 5.41) is 5.78. The van der Waals surface area contributed by atoms with Gasteiger partial charge < -0.3 is 9.84 Å². The second-order valence-electron chi connectivity index (χ2n) is 4.15. The average molecular weight is 291 g/mol. The number of aromatic nitrogens is 1. The molecular weight excluding hydrogens is 272 g/mol. The molecule has 0 spiro atoms. The smallest absolute Gasteiger partial charge is 0.283 e. The van der Waals surface area contributed by atoms with Crippen LogP contribution in [0.4, 0.5) is 0 Å². The largest absolute Gasteiger partial charge is 0.383 e. The summed E-state index contributed by atoms with van der Waals surface area (Å²) in [6, 6.07) is 0. The Labute approximate surface area is 106 Å². The third kappa shape index (κ3) is 2.77. The Balaban J connectivity index is 0.00000128. The van der Waals surface area contributed by atoms with Crippen LogP contribution in [0.1, 0.15) is 43.4 Å². The number of hydrogen-bond donors (Lipinski definition) is 2. The first-order valence-electron chi connectivity index (χ1n) is 5.74. The molecule has 1 saturated heterocycles. The van der Waals surface area contributed by atoms with E-state index in [1.807, 2.05) is 0 Å². The van der Waals surface area contributed by atoms with Crippen LogP contribution in [0.5, 0.6) is 0 Å². The van der Waals surface area contributed by atoms with Gasteiger partial charge in [-0.3, -0.25) is 4.79 Å². The van der Waals surface area contributed by atoms with Crippen molar-refractivity contribution < 1.29 is 4.52 Å². The highest BCUT2D eigenvalue weighted by Crippen LogP contribution is 2.26. The minimum atomic E-state index is -0.0367. The molecule has 4 nitrogen and oxygen atoms in total. The van der Waals surface area contributed by atoms with E-state index in [1.54, 1.807) is 0 Å². The van der Waals surface area contributed by atoms with Gasteiger partial charge in [-0.25, -0.2) is 0 Å². The molecule has 2 heterocycles. The Morgan fingerprint density at radius 2 is 2.06 bits per heavy atom. The lowest BCUT2D eigenvalue weighted by molar-refractivity contribution is 0.323. The van der Waals surface area contributed by atoms with E-state index in [1.165, 1.54) is 0 Å². The molecule has 1 aromatic rings. The van der Waals surface area contributed by atoms with Gasteiger partial charge in [-0.05, 0) is 32.4 Å². The maximum Gasteiger partial charge on any atom is 0.283 e. The maximum atomic E-state index is 11.5. The average Bonchev–Trinajstić information content (AvgIpc) is 2.63. The van der Waals surface area contributed by atoms with Crippen LogP contribution >= 0.6 is 17.0 Å². The summed E-state index contributed by atoms with van der Waals surface area (Å²) in [5.74, 6) is 1.33. The second-order valence-corrected chi connectivity index (χ2v) is 4.15. The van der Waals surface area contributed by atoms with Crippen molar-refractivity contribution in [3.05, 3.63) is 21.7 Å². The van der Waals surface area contributed by atoms with Gasteiger partial charge in [-0.2, -0.15) is 5.16 Å². The van der Waals surface area contributed by atoms with Crippen LogP contribution in [0.25, 0.3) is 0 Å². The number of nitrogens with one attached hydrogen (secondary N) is 2. The predicted octanol–water partition coefficient (Wildman–Crippen LogP) is 1.97. The Morgan fingerprint density at radius 3 is 2.69 bits per heavy atom. The van der Waals surface area contributed by atoms with E-state index in [9.17, 15) is 4.79 Å². The van der Waals surface area contributed by atoms with Gasteiger partial charge in [0.05, 0.1) is 5.56 Å². The highest BCUT2D eigenvalue weighted by molar-refractivity contribution is 8.93. The normalized spacial score (nSPS) is 17.1. The molecule has 1 aromatic heterocycles. The first-order valence-corrected chi connectivity index (χ1v) is 5.74. The van der Waals surface area contributed by atoms with Crippen molar-refractivity contribution in [2.24, 2.45) is 0 Å². The summed E-state index contributed by atoms with van der Waals surface area (Å²) in [4.78, 5) is 11.5. The fourth-order valence-electron chi connectivity index (χ4n) is 2.24. The van der Waals surface area contributed by atoms with E-state index in [0.29, 0.717) is 5.92 Å². The molecule has 1 aliphatic heterocycles. The molecule has 92 valence electrons. The monoisotopic (exact) mass is 290 g/mol. The lowest BCUT2D eigenvalue weighted by Gasteiger charge is -2.20. The van der Waals surface area contributed by atoms with Crippen molar-refractivity contribution in [1.82, 2.24) is 10.5 Å². The fourth-order valence-corrected chi connectivity index (χ4v) is 2.24. The molecule has 16 heavy (non-hydrogen) atoms. The van der Waals surface area contributed by atoms with Crippen molar-refractivity contribution in [3.8, 4) is 0 Å². The zero-order valence-electron chi connectivity index (χ0n) is 9.54. The number of halogens is 1. The zero-order valence-corrected chi connectivity index (χ0v) is 11.3. The van der Waals surface area contributed by atoms with Gasteiger partial charge in [0.1, 0.15) is 5.76 Å². The van der Waals surface area contributed by atoms with Crippen molar-refractivity contribution in [2.75, 3.05) is 13.1 Å². The summed E-state index contributed by atoms with van der Waals surface area (Å²) >= 11 is 0. The maximum absolute atomic E-state index is 11.5. The minimum absolute atomic E-state index is 0. The van der Waals surface area contributed by atoms with E-state index < -0.39 is 0 Å². The Morgan fingerprint density at radius 1 is 1.38 bits per heavy atom. The van der Waals surface area contributed by atoms with Crippen molar-refractivity contribution >= 4 is 17.0 Å². The zero-order chi connectivity index (χ0) is 10.7. The Kier molecular flexibility index (Phi) is 5.28. The van der Waals surface area contributed by atoms with E-state index in [0.717, 1.165) is 50.1 Å². The first kappa shape index (κ1) is 13.5. The van der Waals surface area contributed by atoms with E-state index in [4.69, 9.17) is 4.52 Å². The van der Waals surface area contributed by atoms with Gasteiger partial charge >= 0.3 is 0 Å². The van der Waals surface area contributed by atoms with Gasteiger partial charge in [0.15, 0.2) is 0 Å². The third-order valence-corrected chi connectivity index (χ3v) is 3.04. The number of piperidine rings is 1. The molecule has 0 amide bonds. The molecule has 0 aromatic carbocycles. The van der Waals surface area contributed by atoms with Crippen LogP contribution in [-0.2, 0) is 6.42 Å². The molecule has 2 rings (SSSR count). The summed E-state index contributed by atoms with van der Waals surface area (Å²) < 4.78 is 5.32. The molecule has 0 saturated carbocycles. The number of hydrogen-bond acceptors (Lipinski definition) is 3. The molecule has 0 atom stereocenters. The highest BCUT2D eigenvalue weighted by Gasteiger charge is 2.23. The van der Waals surface area contributed by atoms with Crippen LogP contribution in [0.15, 0.2) is 9.32 Å². The topological polar surface area (TPSA) is 58.0 Å². The van der Waals surface area contributed by atoms with Crippen LogP contribution in [-0.4, -0.2) is 18.2 Å². The van der Waals surface area contributed by atoms with Crippen molar-refractivity contribution in [2.45, 2.75) is 38.5 Å². The fraction of sp³-hybridized carbons (Fsp3) is 0.727. The summed E-state index contributed by atoms with van der Waals surface area (Å²) in [6.45, 7) is 4.12. The third-order valence-electron chi connectivity index (χ3n) is 3.04. The van der Waals surface area contributed by atoms with E-state index >= 15 is 0 Å². The van der Waals surface area contributed by atoms with E-state index in [-0.39, 0.29) is 22.5 Å². The van der Waals surface area contributed by atoms with E-state index in [2.05, 4.69) is 17.4 Å². The van der Waals surface area contributed by atoms with Crippen LogP contribution in [0.3, 0.4) is 0 Å². The Hall–Kier alpha value is -0.550. The lowest BCUT2D eigenvalue weighted by atomic mass is 9.92. The van der Waals surface area contributed by atoms with Gasteiger partial charge in [-0.1, -0.05) is 13.3 Å². The van der Waals surface area contributed by atoms with Gasteiger partial charge in [0.2, 0.25) is 0 Å². The van der Waals surface area contributed by atoms with Crippen LogP contribution in [0, 0.1) is 0 Å². The number of H-pyrrole nitrogens is 1. The second kappa shape index (κ2) is 6.25. The van der Waals surface area contributed by atoms with Gasteiger partial charge in [-0.15, -0.1) is 17.0 Å². The molecule has 0 bridgehead atoms.